The lowest BCUT2D eigenvalue weighted by atomic mass is 9.89. The zero-order valence-corrected chi connectivity index (χ0v) is 14.0. The predicted molar refractivity (Wildman–Crippen MR) is 91.6 cm³/mol. The number of nitrogens with two attached hydrogens (primary N) is 1. The molecular weight excluding hydrogens is 304 g/mol. The van der Waals surface area contributed by atoms with Crippen LogP contribution in [0.4, 0.5) is 0 Å². The number of β-amino-alcohol motifs (C(OH)–C–C–N with tert-alkyl or cyclic N) is 1. The average Bonchev–Trinajstić information content (AvgIpc) is 2.94. The average molecular weight is 328 g/mol. The number of aryl methyl sites for hydroxylation is 1. The Hall–Kier alpha value is -2.18. The number of hydrogen-bond acceptors (Lipinski definition) is 4. The highest BCUT2D eigenvalue weighted by molar-refractivity contribution is 5.75. The van der Waals surface area contributed by atoms with Gasteiger partial charge in [0.25, 0.3) is 0 Å². The van der Waals surface area contributed by atoms with E-state index in [0.29, 0.717) is 19.5 Å². The highest BCUT2D eigenvalue weighted by atomic mass is 16.3. The second-order valence-corrected chi connectivity index (χ2v) is 6.70. The molecule has 1 atom stereocenters. The third kappa shape index (κ3) is 3.66. The highest BCUT2D eigenvalue weighted by Gasteiger charge is 2.34. The van der Waals surface area contributed by atoms with E-state index in [2.05, 4.69) is 23.0 Å². The molecule has 3 rings (SSSR count). The Kier molecular flexibility index (Phi) is 4.69. The van der Waals surface area contributed by atoms with Crippen molar-refractivity contribution in [2.24, 2.45) is 5.73 Å². The topological polar surface area (TPSA) is 84.4 Å². The summed E-state index contributed by atoms with van der Waals surface area (Å²) in [5.74, 6) is -0.454. The van der Waals surface area contributed by atoms with Gasteiger partial charge in [-0.2, -0.15) is 5.10 Å². The fraction of sp³-hybridized carbons (Fsp3) is 0.444. The molecule has 128 valence electrons. The van der Waals surface area contributed by atoms with Crippen LogP contribution in [-0.4, -0.2) is 44.4 Å². The van der Waals surface area contributed by atoms with Crippen molar-refractivity contribution in [3.05, 3.63) is 47.8 Å². The number of piperidine rings is 1. The number of nitrogens with zero attached hydrogens (tertiary/aromatic N) is 3. The van der Waals surface area contributed by atoms with E-state index >= 15 is 0 Å². The highest BCUT2D eigenvalue weighted by Crippen LogP contribution is 2.26. The first-order valence-corrected chi connectivity index (χ1v) is 8.29. The van der Waals surface area contributed by atoms with Crippen LogP contribution in [0.3, 0.4) is 0 Å². The third-order valence-electron chi connectivity index (χ3n) is 4.59. The summed E-state index contributed by atoms with van der Waals surface area (Å²) in [5.41, 5.74) is 7.54. The van der Waals surface area contributed by atoms with Gasteiger partial charge in [0.15, 0.2) is 0 Å². The normalized spacial score (nSPS) is 21.8. The minimum atomic E-state index is -1.02. The molecule has 6 nitrogen and oxygen atoms in total. The van der Waals surface area contributed by atoms with Gasteiger partial charge in [-0.15, -0.1) is 0 Å². The number of para-hydroxylation sites is 1. The summed E-state index contributed by atoms with van der Waals surface area (Å²) < 4.78 is 1.94. The van der Waals surface area contributed by atoms with Crippen LogP contribution in [0, 0.1) is 6.92 Å². The molecule has 0 radical (unpaired) electrons. The van der Waals surface area contributed by atoms with Crippen molar-refractivity contribution >= 4 is 5.91 Å². The number of hydrogen-bond donors (Lipinski definition) is 2. The maximum atomic E-state index is 11.2. The number of aromatic nitrogens is 2. The summed E-state index contributed by atoms with van der Waals surface area (Å²) in [6.45, 7) is 4.08. The molecule has 1 amide bonds. The van der Waals surface area contributed by atoms with Crippen molar-refractivity contribution < 1.29 is 9.90 Å². The Morgan fingerprint density at radius 2 is 2.17 bits per heavy atom. The summed E-state index contributed by atoms with van der Waals surface area (Å²) >= 11 is 0. The molecule has 0 aliphatic carbocycles. The Morgan fingerprint density at radius 1 is 1.38 bits per heavy atom. The molecule has 1 aromatic carbocycles. The van der Waals surface area contributed by atoms with Crippen molar-refractivity contribution in [3.63, 3.8) is 0 Å². The van der Waals surface area contributed by atoms with Gasteiger partial charge in [-0.3, -0.25) is 9.69 Å². The van der Waals surface area contributed by atoms with Gasteiger partial charge in [0.1, 0.15) is 0 Å². The Balaban J connectivity index is 1.77. The van der Waals surface area contributed by atoms with Crippen molar-refractivity contribution in [3.8, 4) is 5.69 Å². The molecule has 1 fully saturated rings. The number of likely N-dealkylation sites (tertiary alicyclic amines) is 1. The van der Waals surface area contributed by atoms with Gasteiger partial charge in [-0.1, -0.05) is 18.2 Å². The van der Waals surface area contributed by atoms with Crippen LogP contribution in [0.25, 0.3) is 5.69 Å². The van der Waals surface area contributed by atoms with E-state index in [1.165, 1.54) is 0 Å². The third-order valence-corrected chi connectivity index (χ3v) is 4.59. The predicted octanol–water partition coefficient (Wildman–Crippen LogP) is 1.38. The van der Waals surface area contributed by atoms with Gasteiger partial charge in [0, 0.05) is 19.3 Å². The van der Waals surface area contributed by atoms with E-state index in [1.807, 2.05) is 28.9 Å². The number of carbonyl (C=O) groups is 1. The molecule has 0 spiro atoms. The van der Waals surface area contributed by atoms with E-state index in [1.54, 1.807) is 6.20 Å². The molecule has 1 saturated heterocycles. The van der Waals surface area contributed by atoms with Crippen molar-refractivity contribution in [2.45, 2.75) is 38.3 Å². The van der Waals surface area contributed by atoms with Gasteiger partial charge in [0.2, 0.25) is 5.91 Å². The molecule has 0 bridgehead atoms. The maximum Gasteiger partial charge on any atom is 0.220 e. The molecule has 2 aromatic rings. The fourth-order valence-corrected chi connectivity index (χ4v) is 3.51. The largest absolute Gasteiger partial charge is 0.388 e. The molecule has 6 heteroatoms. The van der Waals surface area contributed by atoms with Crippen LogP contribution in [0.2, 0.25) is 0 Å². The zero-order chi connectivity index (χ0) is 17.2. The monoisotopic (exact) mass is 328 g/mol. The Bertz CT molecular complexity index is 727. The fourth-order valence-electron chi connectivity index (χ4n) is 3.51. The Morgan fingerprint density at radius 3 is 2.92 bits per heavy atom. The molecule has 3 N–H and O–H groups in total. The lowest BCUT2D eigenvalue weighted by Gasteiger charge is -2.38. The Labute approximate surface area is 141 Å². The van der Waals surface area contributed by atoms with Crippen molar-refractivity contribution in [1.29, 1.82) is 0 Å². The number of rotatable bonds is 5. The van der Waals surface area contributed by atoms with E-state index in [4.69, 9.17) is 5.73 Å². The summed E-state index contributed by atoms with van der Waals surface area (Å²) in [7, 11) is 0. The maximum absolute atomic E-state index is 11.2. The van der Waals surface area contributed by atoms with Gasteiger partial charge >= 0.3 is 0 Å². The summed E-state index contributed by atoms with van der Waals surface area (Å²) in [6, 6.07) is 10.1. The molecule has 2 heterocycles. The minimum absolute atomic E-state index is 0.0144. The lowest BCUT2D eigenvalue weighted by molar-refractivity contribution is -0.125. The summed E-state index contributed by atoms with van der Waals surface area (Å²) in [4.78, 5) is 13.4. The smallest absolute Gasteiger partial charge is 0.220 e. The first-order chi connectivity index (χ1) is 11.5. The summed E-state index contributed by atoms with van der Waals surface area (Å²) in [5, 5.41) is 15.1. The van der Waals surface area contributed by atoms with E-state index in [9.17, 15) is 9.90 Å². The van der Waals surface area contributed by atoms with E-state index < -0.39 is 11.5 Å². The second kappa shape index (κ2) is 6.75. The number of benzene rings is 1. The molecule has 0 saturated carbocycles. The SMILES string of the molecule is Cc1ccccc1-n1nccc1CN1CCCC(O)(CC(N)=O)C1. The molecule has 1 aliphatic heterocycles. The van der Waals surface area contributed by atoms with Crippen LogP contribution in [-0.2, 0) is 11.3 Å². The molecule has 1 unspecified atom stereocenters. The van der Waals surface area contributed by atoms with Crippen molar-refractivity contribution in [1.82, 2.24) is 14.7 Å². The molecule has 1 aromatic heterocycles. The molecular formula is C18H24N4O2. The van der Waals surface area contributed by atoms with Crippen LogP contribution in [0.1, 0.15) is 30.5 Å². The zero-order valence-electron chi connectivity index (χ0n) is 14.0. The first kappa shape index (κ1) is 16.7. The van der Waals surface area contributed by atoms with Crippen LogP contribution >= 0.6 is 0 Å². The minimum Gasteiger partial charge on any atom is -0.388 e. The van der Waals surface area contributed by atoms with Crippen LogP contribution in [0.5, 0.6) is 0 Å². The van der Waals surface area contributed by atoms with Gasteiger partial charge in [-0.25, -0.2) is 4.68 Å². The van der Waals surface area contributed by atoms with E-state index in [-0.39, 0.29) is 6.42 Å². The number of aliphatic hydroxyl groups is 1. The lowest BCUT2D eigenvalue weighted by Crippen LogP contribution is -2.49. The van der Waals surface area contributed by atoms with Gasteiger partial charge in [-0.05, 0) is 44.0 Å². The quantitative estimate of drug-likeness (QED) is 0.868. The van der Waals surface area contributed by atoms with E-state index in [0.717, 1.165) is 29.9 Å². The second-order valence-electron chi connectivity index (χ2n) is 6.70. The van der Waals surface area contributed by atoms with Crippen LogP contribution < -0.4 is 5.73 Å². The standard InChI is InChI=1S/C18H24N4O2/c1-14-5-2-3-6-16(14)22-15(7-9-20-22)12-21-10-4-8-18(24,13-21)11-17(19)23/h2-3,5-7,9,24H,4,8,10-13H2,1H3,(H2,19,23). The van der Waals surface area contributed by atoms with Gasteiger partial charge in [0.05, 0.1) is 23.4 Å². The number of primary amides is 1. The van der Waals surface area contributed by atoms with Crippen molar-refractivity contribution in [2.75, 3.05) is 13.1 Å². The summed E-state index contributed by atoms with van der Waals surface area (Å²) in [6.07, 6.45) is 3.27. The van der Waals surface area contributed by atoms with Crippen LogP contribution in [0.15, 0.2) is 36.5 Å². The molecule has 1 aliphatic rings. The first-order valence-electron chi connectivity index (χ1n) is 8.29. The number of carbonyl (C=O) groups excluding carboxylic acids is 1. The number of amides is 1. The van der Waals surface area contributed by atoms with Gasteiger partial charge < -0.3 is 10.8 Å². The molecule has 24 heavy (non-hydrogen) atoms.